The van der Waals surface area contributed by atoms with Crippen molar-refractivity contribution in [2.45, 2.75) is 6.61 Å². The highest BCUT2D eigenvalue weighted by atomic mass is 16.6. The molecule has 0 saturated carbocycles. The molecule has 0 radical (unpaired) electrons. The first-order chi connectivity index (χ1) is 11.8. The van der Waals surface area contributed by atoms with Crippen molar-refractivity contribution >= 4 is 23.5 Å². The molecule has 2 aromatic rings. The van der Waals surface area contributed by atoms with E-state index in [1.165, 1.54) is 21.1 Å². The van der Waals surface area contributed by atoms with Gasteiger partial charge in [0.05, 0.1) is 4.92 Å². The number of anilines is 1. The van der Waals surface area contributed by atoms with E-state index < -0.39 is 22.6 Å². The number of nitro groups is 1. The summed E-state index contributed by atoms with van der Waals surface area (Å²) in [6.45, 7) is 0.00179. The van der Waals surface area contributed by atoms with Crippen molar-refractivity contribution in [2.24, 2.45) is 7.05 Å². The summed E-state index contributed by atoms with van der Waals surface area (Å²) >= 11 is 0. The molecule has 0 aliphatic rings. The van der Waals surface area contributed by atoms with Gasteiger partial charge < -0.3 is 9.64 Å². The van der Waals surface area contributed by atoms with Gasteiger partial charge in [0.15, 0.2) is 0 Å². The molecule has 0 saturated heterocycles. The Kier molecular flexibility index (Phi) is 5.32. The standard InChI is InChI=1S/C15H17N5O5/c1-18(2)14(21)11-12(20(23)24)13(19(3)17-11)16-15(22)25-9-10-7-5-4-6-8-10/h4-8H,9H2,1-3H3,(H,16,22). The van der Waals surface area contributed by atoms with E-state index in [-0.39, 0.29) is 18.1 Å². The molecule has 0 fully saturated rings. The number of carbonyl (C=O) groups is 2. The normalized spacial score (nSPS) is 10.2. The maximum absolute atomic E-state index is 12.0. The van der Waals surface area contributed by atoms with Gasteiger partial charge in [-0.15, -0.1) is 0 Å². The van der Waals surface area contributed by atoms with Crippen LogP contribution in [-0.4, -0.2) is 45.7 Å². The molecule has 25 heavy (non-hydrogen) atoms. The summed E-state index contributed by atoms with van der Waals surface area (Å²) in [6.07, 6.45) is -0.890. The molecule has 0 bridgehead atoms. The second-order valence-electron chi connectivity index (χ2n) is 5.31. The molecule has 0 unspecified atom stereocenters. The first-order valence-corrected chi connectivity index (χ1v) is 7.22. The SMILES string of the molecule is CN(C)C(=O)c1nn(C)c(NC(=O)OCc2ccccc2)c1[N+](=O)[O-]. The Morgan fingerprint density at radius 2 is 1.96 bits per heavy atom. The van der Waals surface area contributed by atoms with E-state index in [1.54, 1.807) is 24.3 Å². The van der Waals surface area contributed by atoms with Gasteiger partial charge >= 0.3 is 11.8 Å². The molecule has 0 aliphatic heterocycles. The molecule has 2 amide bonds. The number of nitrogens with one attached hydrogen (secondary N) is 1. The van der Waals surface area contributed by atoms with E-state index in [4.69, 9.17) is 4.74 Å². The third-order valence-electron chi connectivity index (χ3n) is 3.25. The van der Waals surface area contributed by atoms with Crippen LogP contribution in [0, 0.1) is 10.1 Å². The van der Waals surface area contributed by atoms with E-state index >= 15 is 0 Å². The van der Waals surface area contributed by atoms with Crippen LogP contribution in [-0.2, 0) is 18.4 Å². The lowest BCUT2D eigenvalue weighted by Crippen LogP contribution is -2.23. The molecule has 0 spiro atoms. The first-order valence-electron chi connectivity index (χ1n) is 7.22. The Labute approximate surface area is 143 Å². The quantitative estimate of drug-likeness (QED) is 0.650. The minimum Gasteiger partial charge on any atom is -0.444 e. The molecule has 10 nitrogen and oxygen atoms in total. The summed E-state index contributed by atoms with van der Waals surface area (Å²) in [4.78, 5) is 35.7. The van der Waals surface area contributed by atoms with E-state index in [0.29, 0.717) is 0 Å². The molecular weight excluding hydrogens is 330 g/mol. The van der Waals surface area contributed by atoms with Crippen LogP contribution in [0.25, 0.3) is 0 Å². The molecule has 1 heterocycles. The second kappa shape index (κ2) is 7.43. The lowest BCUT2D eigenvalue weighted by molar-refractivity contribution is -0.384. The third-order valence-corrected chi connectivity index (χ3v) is 3.25. The number of rotatable bonds is 5. The Morgan fingerprint density at radius 3 is 2.52 bits per heavy atom. The fourth-order valence-electron chi connectivity index (χ4n) is 2.04. The van der Waals surface area contributed by atoms with E-state index in [2.05, 4.69) is 10.4 Å². The van der Waals surface area contributed by atoms with Crippen LogP contribution in [0.4, 0.5) is 16.3 Å². The zero-order chi connectivity index (χ0) is 18.6. The zero-order valence-corrected chi connectivity index (χ0v) is 13.9. The highest BCUT2D eigenvalue weighted by Gasteiger charge is 2.33. The maximum Gasteiger partial charge on any atom is 0.413 e. The van der Waals surface area contributed by atoms with E-state index in [9.17, 15) is 19.7 Å². The fourth-order valence-corrected chi connectivity index (χ4v) is 2.04. The number of carbonyl (C=O) groups excluding carboxylic acids is 2. The van der Waals surface area contributed by atoms with Crippen LogP contribution in [0.15, 0.2) is 30.3 Å². The summed E-state index contributed by atoms with van der Waals surface area (Å²) < 4.78 is 6.08. The Morgan fingerprint density at radius 1 is 1.32 bits per heavy atom. The summed E-state index contributed by atoms with van der Waals surface area (Å²) in [5.74, 6) is -0.874. The molecule has 0 aliphatic carbocycles. The predicted octanol–water partition coefficient (Wildman–Crippen LogP) is 1.78. The van der Waals surface area contributed by atoms with E-state index in [0.717, 1.165) is 15.1 Å². The Balaban J connectivity index is 2.19. The largest absolute Gasteiger partial charge is 0.444 e. The molecule has 132 valence electrons. The van der Waals surface area contributed by atoms with E-state index in [1.807, 2.05) is 6.07 Å². The van der Waals surface area contributed by atoms with Gasteiger partial charge in [-0.05, 0) is 5.56 Å². The van der Waals surface area contributed by atoms with Crippen LogP contribution in [0.3, 0.4) is 0 Å². The van der Waals surface area contributed by atoms with Gasteiger partial charge in [-0.2, -0.15) is 5.10 Å². The highest BCUT2D eigenvalue weighted by Crippen LogP contribution is 2.29. The van der Waals surface area contributed by atoms with Crippen molar-refractivity contribution in [3.8, 4) is 0 Å². The highest BCUT2D eigenvalue weighted by molar-refractivity contribution is 5.99. The van der Waals surface area contributed by atoms with Crippen molar-refractivity contribution in [1.82, 2.24) is 14.7 Å². The van der Waals surface area contributed by atoms with Crippen molar-refractivity contribution in [1.29, 1.82) is 0 Å². The average molecular weight is 347 g/mol. The molecular formula is C15H17N5O5. The number of aryl methyl sites for hydroxylation is 1. The molecule has 2 rings (SSSR count). The first kappa shape index (κ1) is 17.9. The Bertz CT molecular complexity index is 800. The average Bonchev–Trinajstić information content (AvgIpc) is 2.89. The van der Waals surface area contributed by atoms with Crippen molar-refractivity contribution in [3.63, 3.8) is 0 Å². The number of hydrogen-bond donors (Lipinski definition) is 1. The van der Waals surface area contributed by atoms with Gasteiger partial charge in [-0.25, -0.2) is 9.48 Å². The zero-order valence-electron chi connectivity index (χ0n) is 13.9. The number of ether oxygens (including phenoxy) is 1. The minimum atomic E-state index is -0.890. The second-order valence-corrected chi connectivity index (χ2v) is 5.31. The minimum absolute atomic E-state index is 0.00179. The predicted molar refractivity (Wildman–Crippen MR) is 88.1 cm³/mol. The monoisotopic (exact) mass is 347 g/mol. The number of amides is 2. The molecule has 10 heteroatoms. The molecule has 0 atom stereocenters. The van der Waals surface area contributed by atoms with Crippen LogP contribution < -0.4 is 5.32 Å². The van der Waals surface area contributed by atoms with Gasteiger partial charge in [0.2, 0.25) is 11.5 Å². The number of nitrogens with zero attached hydrogens (tertiary/aromatic N) is 4. The van der Waals surface area contributed by atoms with Crippen molar-refractivity contribution < 1.29 is 19.2 Å². The third kappa shape index (κ3) is 4.10. The number of hydrogen-bond acceptors (Lipinski definition) is 6. The summed E-state index contributed by atoms with van der Waals surface area (Å²) in [6, 6.07) is 8.95. The lowest BCUT2D eigenvalue weighted by Gasteiger charge is -2.07. The number of aromatic nitrogens is 2. The molecule has 1 aromatic heterocycles. The fraction of sp³-hybridized carbons (Fsp3) is 0.267. The van der Waals surface area contributed by atoms with Gasteiger partial charge in [0.25, 0.3) is 5.91 Å². The smallest absolute Gasteiger partial charge is 0.413 e. The topological polar surface area (TPSA) is 120 Å². The number of benzene rings is 1. The lowest BCUT2D eigenvalue weighted by atomic mass is 10.2. The molecule has 1 N–H and O–H groups in total. The van der Waals surface area contributed by atoms with Gasteiger partial charge in [0.1, 0.15) is 6.61 Å². The van der Waals surface area contributed by atoms with Crippen molar-refractivity contribution in [2.75, 3.05) is 19.4 Å². The summed E-state index contributed by atoms with van der Waals surface area (Å²) in [7, 11) is 4.27. The molecule has 1 aromatic carbocycles. The summed E-state index contributed by atoms with van der Waals surface area (Å²) in [5.41, 5.74) is -0.186. The van der Waals surface area contributed by atoms with Crippen LogP contribution >= 0.6 is 0 Å². The van der Waals surface area contributed by atoms with Crippen molar-refractivity contribution in [3.05, 3.63) is 51.7 Å². The van der Waals surface area contributed by atoms with Crippen LogP contribution in [0.2, 0.25) is 0 Å². The van der Waals surface area contributed by atoms with Crippen LogP contribution in [0.5, 0.6) is 0 Å². The van der Waals surface area contributed by atoms with Gasteiger partial charge in [-0.1, -0.05) is 30.3 Å². The van der Waals surface area contributed by atoms with Crippen LogP contribution in [0.1, 0.15) is 16.1 Å². The maximum atomic E-state index is 12.0. The Hall–Kier alpha value is -3.43. The van der Waals surface area contributed by atoms with Gasteiger partial charge in [0, 0.05) is 21.1 Å². The van der Waals surface area contributed by atoms with Gasteiger partial charge in [-0.3, -0.25) is 20.2 Å². The summed E-state index contributed by atoms with van der Waals surface area (Å²) in [5, 5.41) is 17.4.